The van der Waals surface area contributed by atoms with E-state index in [9.17, 15) is 0 Å². The summed E-state index contributed by atoms with van der Waals surface area (Å²) < 4.78 is 5.43. The molecule has 1 saturated heterocycles. The van der Waals surface area contributed by atoms with Crippen molar-refractivity contribution < 1.29 is 4.65 Å². The maximum Gasteiger partial charge on any atom is 0.293 e. The molecular weight excluding hydrogens is 135 g/mol. The molecule has 0 N–H and O–H groups in total. The van der Waals surface area contributed by atoms with Crippen molar-refractivity contribution in [3.05, 3.63) is 0 Å². The fraction of sp³-hybridized carbons (Fsp3) is 1.00. The van der Waals surface area contributed by atoms with Crippen LogP contribution < -0.4 is 0 Å². The van der Waals surface area contributed by atoms with Crippen molar-refractivity contribution in [2.75, 3.05) is 0 Å². The third-order valence-corrected chi connectivity index (χ3v) is 2.60. The molecule has 0 aromatic carbocycles. The highest BCUT2D eigenvalue weighted by atomic mass is 16.5. The zero-order chi connectivity index (χ0) is 9.12. The van der Waals surface area contributed by atoms with Crippen LogP contribution in [0, 0.1) is 5.41 Å². The van der Waals surface area contributed by atoms with Crippen LogP contribution in [-0.2, 0) is 4.65 Å². The monoisotopic (exact) mass is 155 g/mol. The van der Waals surface area contributed by atoms with Crippen LogP contribution in [0.15, 0.2) is 0 Å². The van der Waals surface area contributed by atoms with Crippen molar-refractivity contribution in [3.8, 4) is 0 Å². The maximum atomic E-state index is 5.43. The van der Waals surface area contributed by atoms with Gasteiger partial charge in [-0.15, -0.1) is 0 Å². The van der Waals surface area contributed by atoms with Crippen molar-refractivity contribution in [1.82, 2.24) is 0 Å². The molecule has 1 nitrogen and oxygen atoms in total. The molecule has 0 saturated carbocycles. The van der Waals surface area contributed by atoms with E-state index in [1.54, 1.807) is 0 Å². The van der Waals surface area contributed by atoms with Crippen molar-refractivity contribution in [3.63, 3.8) is 0 Å². The van der Waals surface area contributed by atoms with Gasteiger partial charge in [-0.25, -0.2) is 0 Å². The fourth-order valence-corrected chi connectivity index (χ4v) is 0.864. The Morgan fingerprint density at radius 3 is 1.64 bits per heavy atom. The SMILES string of the molecule is CC.CC1(C)C[B]OC1(C)C. The first-order valence-corrected chi connectivity index (χ1v) is 4.45. The zero-order valence-corrected chi connectivity index (χ0v) is 8.69. The lowest BCUT2D eigenvalue weighted by atomic mass is 9.72. The van der Waals surface area contributed by atoms with Crippen molar-refractivity contribution in [2.24, 2.45) is 5.41 Å². The van der Waals surface area contributed by atoms with Crippen LogP contribution in [-0.4, -0.2) is 13.1 Å². The average molecular weight is 155 g/mol. The van der Waals surface area contributed by atoms with E-state index >= 15 is 0 Å². The summed E-state index contributed by atoms with van der Waals surface area (Å²) in [6, 6.07) is 0. The van der Waals surface area contributed by atoms with Gasteiger partial charge in [-0.1, -0.05) is 27.7 Å². The number of hydrogen-bond acceptors (Lipinski definition) is 1. The minimum Gasteiger partial charge on any atom is -0.435 e. The van der Waals surface area contributed by atoms with Gasteiger partial charge in [-0.2, -0.15) is 0 Å². The van der Waals surface area contributed by atoms with Crippen LogP contribution >= 0.6 is 0 Å². The largest absolute Gasteiger partial charge is 0.435 e. The first-order chi connectivity index (χ1) is 4.96. The molecule has 0 spiro atoms. The standard InChI is InChI=1S/C7H14BO.C2H6/c1-6(2)5-8-9-7(6,3)4;1-2/h5H2,1-4H3;1-2H3. The summed E-state index contributed by atoms with van der Waals surface area (Å²) in [5.74, 6) is 0. The molecule has 0 bridgehead atoms. The third kappa shape index (κ3) is 2.23. The molecule has 11 heavy (non-hydrogen) atoms. The van der Waals surface area contributed by atoms with Gasteiger partial charge in [0.2, 0.25) is 0 Å². The summed E-state index contributed by atoms with van der Waals surface area (Å²) >= 11 is 0. The zero-order valence-electron chi connectivity index (χ0n) is 8.69. The van der Waals surface area contributed by atoms with Gasteiger partial charge >= 0.3 is 0 Å². The third-order valence-electron chi connectivity index (χ3n) is 2.60. The van der Waals surface area contributed by atoms with Crippen molar-refractivity contribution in [1.29, 1.82) is 0 Å². The molecule has 1 rings (SSSR count). The highest BCUT2D eigenvalue weighted by Crippen LogP contribution is 2.41. The highest BCUT2D eigenvalue weighted by Gasteiger charge is 2.42. The van der Waals surface area contributed by atoms with Gasteiger partial charge in [0.25, 0.3) is 7.48 Å². The summed E-state index contributed by atoms with van der Waals surface area (Å²) in [7, 11) is 1.92. The number of rotatable bonds is 0. The second kappa shape index (κ2) is 3.62. The van der Waals surface area contributed by atoms with E-state index in [0.29, 0.717) is 5.41 Å². The summed E-state index contributed by atoms with van der Waals surface area (Å²) in [6.45, 7) is 12.7. The van der Waals surface area contributed by atoms with E-state index in [2.05, 4.69) is 27.7 Å². The molecular formula is C9H20BO. The molecule has 0 aliphatic carbocycles. The smallest absolute Gasteiger partial charge is 0.293 e. The van der Waals surface area contributed by atoms with Crippen molar-refractivity contribution in [2.45, 2.75) is 53.5 Å². The molecule has 0 aromatic rings. The molecule has 2 heteroatoms. The summed E-state index contributed by atoms with van der Waals surface area (Å²) in [6.07, 6.45) is 1.07. The fourth-order valence-electron chi connectivity index (χ4n) is 0.864. The average Bonchev–Trinajstić information content (AvgIpc) is 2.12. The molecule has 1 aliphatic heterocycles. The second-order valence-electron chi connectivity index (χ2n) is 3.88. The van der Waals surface area contributed by atoms with Crippen LogP contribution in [0.5, 0.6) is 0 Å². The van der Waals surface area contributed by atoms with Gasteiger partial charge in [-0.3, -0.25) is 0 Å². The Morgan fingerprint density at radius 1 is 1.09 bits per heavy atom. The van der Waals surface area contributed by atoms with Crippen molar-refractivity contribution >= 4 is 7.48 Å². The topological polar surface area (TPSA) is 9.23 Å². The van der Waals surface area contributed by atoms with E-state index in [0.717, 1.165) is 6.32 Å². The lowest BCUT2D eigenvalue weighted by molar-refractivity contribution is 0.0395. The van der Waals surface area contributed by atoms with Crippen LogP contribution in [0.2, 0.25) is 6.32 Å². The Balaban J connectivity index is 0.000000461. The van der Waals surface area contributed by atoms with E-state index in [1.165, 1.54) is 0 Å². The Hall–Kier alpha value is 0.0249. The Kier molecular flexibility index (Phi) is 3.63. The molecule has 65 valence electrons. The summed E-state index contributed by atoms with van der Waals surface area (Å²) in [5.41, 5.74) is 0.347. The maximum absolute atomic E-state index is 5.43. The first kappa shape index (κ1) is 11.0. The lowest BCUT2D eigenvalue weighted by Gasteiger charge is -2.34. The van der Waals surface area contributed by atoms with Gasteiger partial charge in [-0.05, 0) is 25.6 Å². The highest BCUT2D eigenvalue weighted by molar-refractivity contribution is 6.28. The van der Waals surface area contributed by atoms with Gasteiger partial charge in [0.15, 0.2) is 0 Å². The predicted molar refractivity (Wildman–Crippen MR) is 50.9 cm³/mol. The Labute approximate surface area is 71.8 Å². The van der Waals surface area contributed by atoms with E-state index in [1.807, 2.05) is 21.3 Å². The van der Waals surface area contributed by atoms with Crippen LogP contribution in [0.1, 0.15) is 41.5 Å². The molecule has 1 aliphatic rings. The Morgan fingerprint density at radius 2 is 1.55 bits per heavy atom. The van der Waals surface area contributed by atoms with E-state index in [4.69, 9.17) is 4.65 Å². The van der Waals surface area contributed by atoms with Gasteiger partial charge in [0.1, 0.15) is 0 Å². The summed E-state index contributed by atoms with van der Waals surface area (Å²) in [4.78, 5) is 0. The molecule has 1 radical (unpaired) electrons. The van der Waals surface area contributed by atoms with Crippen LogP contribution in [0.4, 0.5) is 0 Å². The van der Waals surface area contributed by atoms with Crippen LogP contribution in [0.25, 0.3) is 0 Å². The predicted octanol–water partition coefficient (Wildman–Crippen LogP) is 2.89. The van der Waals surface area contributed by atoms with Gasteiger partial charge < -0.3 is 4.65 Å². The summed E-state index contributed by atoms with van der Waals surface area (Å²) in [5, 5.41) is 0. The van der Waals surface area contributed by atoms with Gasteiger partial charge in [0, 0.05) is 5.60 Å². The van der Waals surface area contributed by atoms with E-state index in [-0.39, 0.29) is 5.60 Å². The van der Waals surface area contributed by atoms with Gasteiger partial charge in [0.05, 0.1) is 0 Å². The second-order valence-corrected chi connectivity index (χ2v) is 3.88. The molecule has 0 aromatic heterocycles. The lowest BCUT2D eigenvalue weighted by Crippen LogP contribution is -2.34. The molecule has 0 unspecified atom stereocenters. The minimum atomic E-state index is 0.0347. The molecule has 0 atom stereocenters. The normalized spacial score (nSPS) is 24.9. The molecule has 0 amide bonds. The minimum absolute atomic E-state index is 0.0347. The van der Waals surface area contributed by atoms with Crippen LogP contribution in [0.3, 0.4) is 0 Å². The molecule has 1 heterocycles. The first-order valence-electron chi connectivity index (χ1n) is 4.45. The molecule has 1 fully saturated rings. The Bertz CT molecular complexity index is 105. The quantitative estimate of drug-likeness (QED) is 0.488. The number of hydrogen-bond donors (Lipinski definition) is 0. The van der Waals surface area contributed by atoms with E-state index < -0.39 is 0 Å².